The Morgan fingerprint density at radius 2 is 2.12 bits per heavy atom. The summed E-state index contributed by atoms with van der Waals surface area (Å²) in [4.78, 5) is 20.1. The summed E-state index contributed by atoms with van der Waals surface area (Å²) in [5.41, 5.74) is -0.174. The highest BCUT2D eigenvalue weighted by Gasteiger charge is 2.34. The third-order valence-electron chi connectivity index (χ3n) is 2.35. The first-order chi connectivity index (χ1) is 7.93. The lowest BCUT2D eigenvalue weighted by atomic mass is 9.92. The third kappa shape index (κ3) is 3.01. The molecule has 1 aromatic heterocycles. The van der Waals surface area contributed by atoms with Gasteiger partial charge in [-0.3, -0.25) is 4.79 Å². The summed E-state index contributed by atoms with van der Waals surface area (Å²) >= 11 is 3.33. The minimum Gasteiger partial charge on any atom is -0.468 e. The normalized spacial score (nSPS) is 11.4. The lowest BCUT2D eigenvalue weighted by Gasteiger charge is -2.20. The summed E-state index contributed by atoms with van der Waals surface area (Å²) in [6, 6.07) is 0. The van der Waals surface area contributed by atoms with Crippen molar-refractivity contribution in [3.8, 4) is 0 Å². The second kappa shape index (κ2) is 5.55. The van der Waals surface area contributed by atoms with Crippen LogP contribution in [0, 0.1) is 0 Å². The Morgan fingerprint density at radius 1 is 1.47 bits per heavy atom. The van der Waals surface area contributed by atoms with Gasteiger partial charge in [-0.05, 0) is 29.8 Å². The first-order valence-electron chi connectivity index (χ1n) is 5.02. The fraction of sp³-hybridized carbons (Fsp3) is 0.545. The molecule has 0 radical (unpaired) electrons. The van der Waals surface area contributed by atoms with Gasteiger partial charge >= 0.3 is 5.97 Å². The molecule has 6 heteroatoms. The Hall–Kier alpha value is -1.01. The Bertz CT molecular complexity index is 421. The Morgan fingerprint density at radius 3 is 2.65 bits per heavy atom. The van der Waals surface area contributed by atoms with E-state index in [-0.39, 0.29) is 5.97 Å². The summed E-state index contributed by atoms with van der Waals surface area (Å²) in [5, 5.41) is 0. The topological polar surface area (TPSA) is 61.3 Å². The monoisotopic (exact) mass is 302 g/mol. The molecule has 0 saturated heterocycles. The molecule has 5 nitrogen and oxygen atoms in total. The summed E-state index contributed by atoms with van der Waals surface area (Å²) < 4.78 is 10.5. The molecule has 0 amide bonds. The average molecular weight is 303 g/mol. The molecule has 1 heterocycles. The van der Waals surface area contributed by atoms with Crippen LogP contribution in [0.1, 0.15) is 25.4 Å². The highest BCUT2D eigenvalue weighted by atomic mass is 79.9. The standard InChI is InChI=1S/C11H15BrN2O3/c1-11(2,10(15)17-4)9-13-5-7(12)8(14-9)6-16-3/h5H,6H2,1-4H3. The number of carbonyl (C=O) groups excluding carboxylic acids is 1. The molecule has 0 spiro atoms. The maximum atomic E-state index is 11.6. The van der Waals surface area contributed by atoms with Crippen molar-refractivity contribution >= 4 is 21.9 Å². The van der Waals surface area contributed by atoms with Crippen LogP contribution in [-0.2, 0) is 26.3 Å². The van der Waals surface area contributed by atoms with E-state index in [0.29, 0.717) is 18.1 Å². The molecule has 0 aliphatic rings. The number of nitrogens with zero attached hydrogens (tertiary/aromatic N) is 2. The number of hydrogen-bond acceptors (Lipinski definition) is 5. The zero-order chi connectivity index (χ0) is 13.1. The smallest absolute Gasteiger partial charge is 0.318 e. The molecule has 0 aliphatic carbocycles. The van der Waals surface area contributed by atoms with Crippen LogP contribution in [0.15, 0.2) is 10.7 Å². The van der Waals surface area contributed by atoms with Gasteiger partial charge in [-0.15, -0.1) is 0 Å². The van der Waals surface area contributed by atoms with Gasteiger partial charge in [0, 0.05) is 13.3 Å². The van der Waals surface area contributed by atoms with Gasteiger partial charge in [-0.25, -0.2) is 9.97 Å². The van der Waals surface area contributed by atoms with Crippen molar-refractivity contribution in [2.24, 2.45) is 0 Å². The Labute approximate surface area is 109 Å². The van der Waals surface area contributed by atoms with E-state index < -0.39 is 5.41 Å². The van der Waals surface area contributed by atoms with Crippen LogP contribution in [0.2, 0.25) is 0 Å². The number of ether oxygens (including phenoxy) is 2. The number of esters is 1. The van der Waals surface area contributed by atoms with E-state index in [1.807, 2.05) is 0 Å². The molecule has 94 valence electrons. The van der Waals surface area contributed by atoms with E-state index in [2.05, 4.69) is 25.9 Å². The first kappa shape index (κ1) is 14.1. The van der Waals surface area contributed by atoms with Crippen LogP contribution in [0.3, 0.4) is 0 Å². The minimum atomic E-state index is -0.877. The predicted molar refractivity (Wildman–Crippen MR) is 65.5 cm³/mol. The minimum absolute atomic E-state index is 0.355. The second-order valence-corrected chi connectivity index (χ2v) is 4.89. The van der Waals surface area contributed by atoms with E-state index in [0.717, 1.165) is 4.47 Å². The number of carbonyl (C=O) groups is 1. The van der Waals surface area contributed by atoms with Crippen molar-refractivity contribution in [2.45, 2.75) is 25.9 Å². The summed E-state index contributed by atoms with van der Waals surface area (Å²) in [6.45, 7) is 3.80. The Kier molecular flexibility index (Phi) is 4.59. The maximum Gasteiger partial charge on any atom is 0.318 e. The molecule has 0 N–H and O–H groups in total. The summed E-state index contributed by atoms with van der Waals surface area (Å²) in [5.74, 6) is 0.0442. The van der Waals surface area contributed by atoms with E-state index in [1.165, 1.54) is 7.11 Å². The fourth-order valence-corrected chi connectivity index (χ4v) is 1.59. The van der Waals surface area contributed by atoms with Gasteiger partial charge in [0.05, 0.1) is 23.9 Å². The zero-order valence-electron chi connectivity index (χ0n) is 10.3. The first-order valence-corrected chi connectivity index (χ1v) is 5.82. The zero-order valence-corrected chi connectivity index (χ0v) is 11.9. The van der Waals surface area contributed by atoms with Crippen LogP contribution < -0.4 is 0 Å². The highest BCUT2D eigenvalue weighted by Crippen LogP contribution is 2.23. The van der Waals surface area contributed by atoms with Gasteiger partial charge in [-0.1, -0.05) is 0 Å². The summed E-state index contributed by atoms with van der Waals surface area (Å²) in [6.07, 6.45) is 1.61. The number of hydrogen-bond donors (Lipinski definition) is 0. The van der Waals surface area contributed by atoms with Crippen molar-refractivity contribution in [1.29, 1.82) is 0 Å². The number of halogens is 1. The van der Waals surface area contributed by atoms with Gasteiger partial charge in [0.2, 0.25) is 0 Å². The maximum absolute atomic E-state index is 11.6. The van der Waals surface area contributed by atoms with Crippen LogP contribution in [0.5, 0.6) is 0 Å². The molecular formula is C11H15BrN2O3. The molecule has 1 rings (SSSR count). The summed E-state index contributed by atoms with van der Waals surface area (Å²) in [7, 11) is 2.93. The molecule has 0 unspecified atom stereocenters. The molecule has 17 heavy (non-hydrogen) atoms. The number of methoxy groups -OCH3 is 2. The molecule has 0 bridgehead atoms. The van der Waals surface area contributed by atoms with Crippen LogP contribution in [0.4, 0.5) is 0 Å². The molecule has 0 aromatic carbocycles. The van der Waals surface area contributed by atoms with Gasteiger partial charge in [0.1, 0.15) is 11.2 Å². The van der Waals surface area contributed by atoms with Crippen LogP contribution in [-0.4, -0.2) is 30.2 Å². The number of rotatable bonds is 4. The van der Waals surface area contributed by atoms with E-state index >= 15 is 0 Å². The molecular weight excluding hydrogens is 288 g/mol. The highest BCUT2D eigenvalue weighted by molar-refractivity contribution is 9.10. The lowest BCUT2D eigenvalue weighted by molar-refractivity contribution is -0.146. The quantitative estimate of drug-likeness (QED) is 0.794. The largest absolute Gasteiger partial charge is 0.468 e. The van der Waals surface area contributed by atoms with Crippen molar-refractivity contribution in [3.05, 3.63) is 22.2 Å². The fourth-order valence-electron chi connectivity index (χ4n) is 1.29. The van der Waals surface area contributed by atoms with Crippen molar-refractivity contribution in [3.63, 3.8) is 0 Å². The van der Waals surface area contributed by atoms with Crippen LogP contribution >= 0.6 is 15.9 Å². The molecule has 0 saturated carbocycles. The van der Waals surface area contributed by atoms with Crippen molar-refractivity contribution in [2.75, 3.05) is 14.2 Å². The van der Waals surface area contributed by atoms with E-state index in [9.17, 15) is 4.79 Å². The third-order valence-corrected chi connectivity index (χ3v) is 3.01. The second-order valence-electron chi connectivity index (χ2n) is 4.04. The SMILES string of the molecule is COCc1nc(C(C)(C)C(=O)OC)ncc1Br. The Balaban J connectivity index is 3.14. The molecule has 0 aliphatic heterocycles. The number of aromatic nitrogens is 2. The van der Waals surface area contributed by atoms with Gasteiger partial charge < -0.3 is 9.47 Å². The van der Waals surface area contributed by atoms with Gasteiger partial charge in [-0.2, -0.15) is 0 Å². The average Bonchev–Trinajstić information content (AvgIpc) is 2.30. The molecule has 1 aromatic rings. The van der Waals surface area contributed by atoms with Crippen LogP contribution in [0.25, 0.3) is 0 Å². The lowest BCUT2D eigenvalue weighted by Crippen LogP contribution is -2.32. The predicted octanol–water partition coefficient (Wildman–Crippen LogP) is 1.84. The molecule has 0 atom stereocenters. The van der Waals surface area contributed by atoms with Crippen molar-refractivity contribution in [1.82, 2.24) is 9.97 Å². The van der Waals surface area contributed by atoms with Gasteiger partial charge in [0.25, 0.3) is 0 Å². The van der Waals surface area contributed by atoms with Crippen molar-refractivity contribution < 1.29 is 14.3 Å². The van der Waals surface area contributed by atoms with Gasteiger partial charge in [0.15, 0.2) is 0 Å². The molecule has 0 fully saturated rings. The van der Waals surface area contributed by atoms with E-state index in [1.54, 1.807) is 27.2 Å². The van der Waals surface area contributed by atoms with E-state index in [4.69, 9.17) is 9.47 Å².